The molecule has 2 amide bonds. The number of oxime groups is 1. The summed E-state index contributed by atoms with van der Waals surface area (Å²) in [6, 6.07) is 7.71. The zero-order chi connectivity index (χ0) is 32.5. The molecule has 2 aliphatic heterocycles. The van der Waals surface area contributed by atoms with Crippen LogP contribution in [0, 0.1) is 0 Å². The number of nitrogens with zero attached hydrogens (tertiary/aromatic N) is 4. The van der Waals surface area contributed by atoms with Crippen molar-refractivity contribution < 1.29 is 46.3 Å². The number of nitrogens with one attached hydrogen (secondary N) is 3. The molecule has 2 atom stereocenters. The fourth-order valence-electron chi connectivity index (χ4n) is 4.33. The maximum atomic E-state index is 13.2. The van der Waals surface area contributed by atoms with Gasteiger partial charge < -0.3 is 36.4 Å². The van der Waals surface area contributed by atoms with Crippen molar-refractivity contribution in [2.45, 2.75) is 37.6 Å². The van der Waals surface area contributed by atoms with Crippen LogP contribution in [0.3, 0.4) is 0 Å². The summed E-state index contributed by atoms with van der Waals surface area (Å²) in [5.74, 6) is -2.40. The predicted octanol–water partition coefficient (Wildman–Crippen LogP) is -0.250. The Bertz CT molecular complexity index is 1780. The van der Waals surface area contributed by atoms with Crippen LogP contribution in [0.1, 0.15) is 19.5 Å². The molecule has 5 rings (SSSR count). The highest BCUT2D eigenvalue weighted by atomic mass is 32.3. The molecule has 240 valence electrons. The average Bonchev–Trinajstić information content (AvgIpc) is 3.38. The number of hydroxylamine groups is 2. The third-order valence-electron chi connectivity index (χ3n) is 6.84. The van der Waals surface area contributed by atoms with Gasteiger partial charge in [-0.1, -0.05) is 5.16 Å². The molecular formula is C25H28N8O10S2. The number of pyridine rings is 1. The number of fused-ring (bicyclic) bond motifs is 1. The maximum Gasteiger partial charge on any atom is 0.418 e. The Morgan fingerprint density at radius 1 is 1.27 bits per heavy atom. The number of ether oxygens (including phenoxy) is 1. The van der Waals surface area contributed by atoms with Crippen LogP contribution in [0.15, 0.2) is 40.9 Å². The lowest BCUT2D eigenvalue weighted by atomic mass is 9.84. The smallest absolute Gasteiger partial charge is 0.418 e. The molecule has 4 heterocycles. The number of rotatable bonds is 13. The van der Waals surface area contributed by atoms with Gasteiger partial charge in [0.1, 0.15) is 29.9 Å². The van der Waals surface area contributed by atoms with E-state index in [-0.39, 0.29) is 10.8 Å². The lowest BCUT2D eigenvalue weighted by Gasteiger charge is -2.50. The van der Waals surface area contributed by atoms with Crippen molar-refractivity contribution in [2.75, 3.05) is 30.7 Å². The molecule has 2 saturated heterocycles. The lowest BCUT2D eigenvalue weighted by molar-refractivity contribution is -0.218. The Morgan fingerprint density at radius 3 is 2.62 bits per heavy atom. The number of carbonyl (C=O) groups excluding carboxylic acids is 2. The summed E-state index contributed by atoms with van der Waals surface area (Å²) >= 11 is 0.960. The number of carbonyl (C=O) groups is 3. The fourth-order valence-corrected chi connectivity index (χ4v) is 5.33. The van der Waals surface area contributed by atoms with Crippen molar-refractivity contribution in [2.24, 2.45) is 5.16 Å². The van der Waals surface area contributed by atoms with Crippen molar-refractivity contribution >= 4 is 67.1 Å². The number of thiazole rings is 1. The molecule has 2 fully saturated rings. The van der Waals surface area contributed by atoms with Gasteiger partial charge in [0, 0.05) is 23.9 Å². The molecule has 0 bridgehead atoms. The van der Waals surface area contributed by atoms with Gasteiger partial charge in [0.2, 0.25) is 0 Å². The molecule has 0 radical (unpaired) electrons. The Balaban J connectivity index is 1.27. The molecule has 2 aliphatic rings. The average molecular weight is 665 g/mol. The second-order valence-electron chi connectivity index (χ2n) is 10.5. The number of carboxylic acids is 1. The summed E-state index contributed by atoms with van der Waals surface area (Å²) in [6.07, 6.45) is -1.68. The van der Waals surface area contributed by atoms with Crippen LogP contribution in [0.5, 0.6) is 5.75 Å². The van der Waals surface area contributed by atoms with E-state index in [0.717, 1.165) is 35.6 Å². The van der Waals surface area contributed by atoms with Crippen LogP contribution >= 0.6 is 11.3 Å². The van der Waals surface area contributed by atoms with E-state index in [1.165, 1.54) is 19.2 Å². The van der Waals surface area contributed by atoms with Gasteiger partial charge in [0.05, 0.1) is 17.1 Å². The number of anilines is 2. The normalized spacial score (nSPS) is 18.9. The van der Waals surface area contributed by atoms with Crippen LogP contribution in [-0.2, 0) is 33.9 Å². The van der Waals surface area contributed by atoms with Crippen molar-refractivity contribution in [1.82, 2.24) is 25.7 Å². The van der Waals surface area contributed by atoms with Crippen molar-refractivity contribution in [3.63, 3.8) is 0 Å². The standard InChI is InChI=1S/C25H28N8O10S2/c1-25(2)20(22(35)33(25)43-45(38,39)40)31-21(34)19(16-11-44-24(26)30-16)32-42-17(23(36)37)10-41-14-4-5-15-12(7-14)3-6-18(29-15)28-13-8-27-9-13/h3-7,11,13,17,20,27H,8-10H2,1-2H3,(H2,26,30)(H,28,29)(H,31,34)(H,36,37)(H,38,39,40)/b32-19-/t17-,20+/m0/s1. The van der Waals surface area contributed by atoms with Crippen LogP contribution < -0.4 is 26.4 Å². The van der Waals surface area contributed by atoms with Crippen LogP contribution in [0.4, 0.5) is 10.9 Å². The maximum absolute atomic E-state index is 13.2. The number of nitrogens with two attached hydrogens (primary N) is 1. The summed E-state index contributed by atoms with van der Waals surface area (Å²) in [5.41, 5.74) is 4.36. The van der Waals surface area contributed by atoms with E-state index in [1.54, 1.807) is 18.2 Å². The van der Waals surface area contributed by atoms with Crippen molar-refractivity contribution in [3.8, 4) is 5.75 Å². The summed E-state index contributed by atoms with van der Waals surface area (Å²) in [6.45, 7) is 3.94. The van der Waals surface area contributed by atoms with E-state index in [9.17, 15) is 27.9 Å². The largest absolute Gasteiger partial charge is 0.489 e. The predicted molar refractivity (Wildman–Crippen MR) is 159 cm³/mol. The number of hydrogen-bond donors (Lipinski definition) is 6. The lowest BCUT2D eigenvalue weighted by Crippen LogP contribution is -2.76. The van der Waals surface area contributed by atoms with Gasteiger partial charge in [-0.05, 0) is 44.2 Å². The first-order chi connectivity index (χ1) is 21.2. The number of amides is 2. The number of aromatic nitrogens is 2. The molecule has 0 saturated carbocycles. The highest BCUT2D eigenvalue weighted by Crippen LogP contribution is 2.33. The molecule has 45 heavy (non-hydrogen) atoms. The minimum Gasteiger partial charge on any atom is -0.489 e. The molecule has 20 heteroatoms. The summed E-state index contributed by atoms with van der Waals surface area (Å²) in [7, 11) is -5.01. The van der Waals surface area contributed by atoms with Crippen LogP contribution in [0.2, 0.25) is 0 Å². The number of hydrogen-bond acceptors (Lipinski definition) is 15. The van der Waals surface area contributed by atoms with Gasteiger partial charge in [0.25, 0.3) is 17.9 Å². The number of β-lactam (4-membered cyclic amide) rings is 1. The number of nitrogen functional groups attached to an aromatic ring is 1. The van der Waals surface area contributed by atoms with Crippen molar-refractivity contribution in [1.29, 1.82) is 0 Å². The van der Waals surface area contributed by atoms with E-state index in [1.807, 2.05) is 12.1 Å². The molecule has 2 aromatic heterocycles. The van der Waals surface area contributed by atoms with Crippen LogP contribution in [-0.4, -0.2) is 100 Å². The quantitative estimate of drug-likeness (QED) is 0.0596. The van der Waals surface area contributed by atoms with E-state index >= 15 is 0 Å². The second-order valence-corrected chi connectivity index (χ2v) is 12.4. The van der Waals surface area contributed by atoms with Gasteiger partial charge >= 0.3 is 16.4 Å². The molecule has 18 nitrogen and oxygen atoms in total. The Kier molecular flexibility index (Phi) is 8.76. The third-order valence-corrected chi connectivity index (χ3v) is 7.85. The zero-order valence-corrected chi connectivity index (χ0v) is 25.3. The number of aliphatic carboxylic acids is 1. The topological polar surface area (TPSA) is 257 Å². The van der Waals surface area contributed by atoms with Gasteiger partial charge in [-0.3, -0.25) is 14.1 Å². The Morgan fingerprint density at radius 2 is 2.02 bits per heavy atom. The van der Waals surface area contributed by atoms with Gasteiger partial charge in [0.15, 0.2) is 10.8 Å². The fraction of sp³-hybridized carbons (Fsp3) is 0.360. The van der Waals surface area contributed by atoms with Crippen LogP contribution in [0.25, 0.3) is 10.9 Å². The SMILES string of the molecule is CC1(C)[C@H](NC(=O)/C(=N\O[C@@H](COc2ccc3nc(NC4CNC4)ccc3c2)C(=O)O)c2csc(N)n2)C(=O)N1OS(=O)(=O)O. The molecule has 1 aromatic carbocycles. The second kappa shape index (κ2) is 12.4. The Labute approximate surface area is 259 Å². The Hall–Kier alpha value is -4.63. The highest BCUT2D eigenvalue weighted by molar-refractivity contribution is 7.80. The first-order valence-corrected chi connectivity index (χ1v) is 15.5. The molecule has 0 unspecified atom stereocenters. The molecule has 7 N–H and O–H groups in total. The summed E-state index contributed by atoms with van der Waals surface area (Å²) in [4.78, 5) is 51.4. The molecule has 3 aromatic rings. The van der Waals surface area contributed by atoms with E-state index in [4.69, 9.17) is 19.9 Å². The van der Waals surface area contributed by atoms with E-state index in [0.29, 0.717) is 22.4 Å². The number of benzene rings is 1. The summed E-state index contributed by atoms with van der Waals surface area (Å²) < 4.78 is 41.0. The monoisotopic (exact) mass is 664 g/mol. The van der Waals surface area contributed by atoms with E-state index < -0.39 is 58.2 Å². The minimum atomic E-state index is -5.01. The first kappa shape index (κ1) is 31.8. The van der Waals surface area contributed by atoms with Crippen molar-refractivity contribution in [3.05, 3.63) is 41.4 Å². The van der Waals surface area contributed by atoms with Gasteiger partial charge in [-0.2, -0.15) is 13.5 Å². The molecule has 0 spiro atoms. The zero-order valence-electron chi connectivity index (χ0n) is 23.7. The van der Waals surface area contributed by atoms with Gasteiger partial charge in [-0.25, -0.2) is 14.8 Å². The summed E-state index contributed by atoms with van der Waals surface area (Å²) in [5, 5.41) is 24.9. The minimum absolute atomic E-state index is 0.0603. The van der Waals surface area contributed by atoms with Gasteiger partial charge in [-0.15, -0.1) is 15.6 Å². The number of carboxylic acid groups (broad SMARTS) is 1. The third kappa shape index (κ3) is 7.20. The highest BCUT2D eigenvalue weighted by Gasteiger charge is 2.58. The van der Waals surface area contributed by atoms with E-state index in [2.05, 4.69) is 35.4 Å². The first-order valence-electron chi connectivity index (χ1n) is 13.2. The molecular weight excluding hydrogens is 636 g/mol. The molecule has 0 aliphatic carbocycles.